The third-order valence-electron chi connectivity index (χ3n) is 7.71. The van der Waals surface area contributed by atoms with Crippen LogP contribution in [0.1, 0.15) is 53.0 Å². The van der Waals surface area contributed by atoms with Crippen molar-refractivity contribution in [2.45, 2.75) is 51.5 Å². The Bertz CT molecular complexity index is 1270. The third kappa shape index (κ3) is 5.19. The van der Waals surface area contributed by atoms with Gasteiger partial charge in [0.25, 0.3) is 0 Å². The summed E-state index contributed by atoms with van der Waals surface area (Å²) in [6, 6.07) is 19.4. The number of carboxylic acids is 1. The molecule has 5 rings (SSSR count). The lowest BCUT2D eigenvalue weighted by Gasteiger charge is -2.31. The number of benzene rings is 3. The van der Waals surface area contributed by atoms with Crippen molar-refractivity contribution in [1.82, 2.24) is 5.32 Å². The zero-order chi connectivity index (χ0) is 25.9. The summed E-state index contributed by atoms with van der Waals surface area (Å²) >= 11 is 0. The molecule has 1 atom stereocenters. The van der Waals surface area contributed by atoms with Crippen LogP contribution in [0.5, 0.6) is 0 Å². The van der Waals surface area contributed by atoms with Crippen molar-refractivity contribution in [3.8, 4) is 11.1 Å². The number of piperidine rings is 1. The molecule has 1 aliphatic heterocycles. The lowest BCUT2D eigenvalue weighted by atomic mass is 9.96. The first-order valence-electron chi connectivity index (χ1n) is 13.1. The highest BCUT2D eigenvalue weighted by atomic mass is 16.5. The van der Waals surface area contributed by atoms with Gasteiger partial charge in [0, 0.05) is 31.1 Å². The Hall–Kier alpha value is -3.80. The predicted octanol–water partition coefficient (Wildman–Crippen LogP) is 5.83. The lowest BCUT2D eigenvalue weighted by molar-refractivity contribution is -0.139. The topological polar surface area (TPSA) is 78.9 Å². The van der Waals surface area contributed by atoms with Gasteiger partial charge in [-0.25, -0.2) is 9.59 Å². The number of nitrogens with one attached hydrogen (secondary N) is 1. The maximum absolute atomic E-state index is 12.7. The summed E-state index contributed by atoms with van der Waals surface area (Å²) < 4.78 is 5.59. The molecule has 0 radical (unpaired) electrons. The number of hydrogen-bond donors (Lipinski definition) is 2. The Balaban J connectivity index is 1.25. The van der Waals surface area contributed by atoms with E-state index in [0.717, 1.165) is 52.0 Å². The van der Waals surface area contributed by atoms with Gasteiger partial charge in [0.05, 0.1) is 0 Å². The number of carbonyl (C=O) groups excluding carboxylic acids is 1. The molecule has 6 nitrogen and oxygen atoms in total. The molecule has 37 heavy (non-hydrogen) atoms. The number of hydrogen-bond acceptors (Lipinski definition) is 4. The molecule has 3 aromatic rings. The number of fused-ring (bicyclic) bond motifs is 3. The quantitative estimate of drug-likeness (QED) is 0.429. The van der Waals surface area contributed by atoms with E-state index < -0.39 is 18.1 Å². The molecule has 0 bridgehead atoms. The zero-order valence-corrected chi connectivity index (χ0v) is 21.5. The number of aliphatic carboxylic acids is 1. The minimum Gasteiger partial charge on any atom is -0.480 e. The molecule has 3 aromatic carbocycles. The van der Waals surface area contributed by atoms with Crippen molar-refractivity contribution in [3.63, 3.8) is 0 Å². The molecule has 0 saturated carbocycles. The summed E-state index contributed by atoms with van der Waals surface area (Å²) in [7, 11) is 0. The number of anilines is 1. The Kier molecular flexibility index (Phi) is 7.17. The van der Waals surface area contributed by atoms with E-state index >= 15 is 0 Å². The first-order valence-corrected chi connectivity index (χ1v) is 13.1. The van der Waals surface area contributed by atoms with Crippen molar-refractivity contribution in [3.05, 3.63) is 88.5 Å². The van der Waals surface area contributed by atoms with E-state index in [1.165, 1.54) is 24.9 Å². The van der Waals surface area contributed by atoms with E-state index in [9.17, 15) is 14.7 Å². The molecule has 2 N–H and O–H groups in total. The summed E-state index contributed by atoms with van der Waals surface area (Å²) in [5.74, 6) is -1.15. The average Bonchev–Trinajstić information content (AvgIpc) is 3.23. The molecule has 1 unspecified atom stereocenters. The Morgan fingerprint density at radius 2 is 1.57 bits per heavy atom. The first-order chi connectivity index (χ1) is 17.9. The molecule has 1 fully saturated rings. The summed E-state index contributed by atoms with van der Waals surface area (Å²) in [4.78, 5) is 27.2. The van der Waals surface area contributed by atoms with Gasteiger partial charge in [-0.05, 0) is 78.1 Å². The number of alkyl carbamates (subject to hydrolysis) is 1. The zero-order valence-electron chi connectivity index (χ0n) is 21.5. The predicted molar refractivity (Wildman–Crippen MR) is 145 cm³/mol. The van der Waals surface area contributed by atoms with Gasteiger partial charge in [-0.15, -0.1) is 0 Å². The fraction of sp³-hybridized carbons (Fsp3) is 0.355. The average molecular weight is 499 g/mol. The van der Waals surface area contributed by atoms with Gasteiger partial charge >= 0.3 is 12.1 Å². The van der Waals surface area contributed by atoms with Crippen molar-refractivity contribution in [1.29, 1.82) is 0 Å². The number of nitrogens with zero attached hydrogens (tertiary/aromatic N) is 1. The second kappa shape index (κ2) is 10.7. The Morgan fingerprint density at radius 1 is 0.946 bits per heavy atom. The molecular weight excluding hydrogens is 464 g/mol. The molecule has 1 aliphatic carbocycles. The highest BCUT2D eigenvalue weighted by molar-refractivity contribution is 5.81. The summed E-state index contributed by atoms with van der Waals surface area (Å²) in [6.07, 6.45) is 3.16. The third-order valence-corrected chi connectivity index (χ3v) is 7.71. The van der Waals surface area contributed by atoms with Crippen molar-refractivity contribution in [2.24, 2.45) is 0 Å². The molecule has 1 saturated heterocycles. The number of aryl methyl sites for hydroxylation is 2. The van der Waals surface area contributed by atoms with Gasteiger partial charge in [0.15, 0.2) is 0 Å². The number of ether oxygens (including phenoxy) is 1. The maximum Gasteiger partial charge on any atom is 0.407 e. The Morgan fingerprint density at radius 3 is 2.19 bits per heavy atom. The van der Waals surface area contributed by atoms with Crippen molar-refractivity contribution < 1.29 is 19.4 Å². The van der Waals surface area contributed by atoms with E-state index in [1.54, 1.807) is 0 Å². The second-order valence-electron chi connectivity index (χ2n) is 10.2. The van der Waals surface area contributed by atoms with Crippen LogP contribution in [0.3, 0.4) is 0 Å². The van der Waals surface area contributed by atoms with Crippen molar-refractivity contribution >= 4 is 17.7 Å². The monoisotopic (exact) mass is 498 g/mol. The minimum atomic E-state index is -1.08. The van der Waals surface area contributed by atoms with Crippen LogP contribution in [0, 0.1) is 13.8 Å². The molecule has 0 spiro atoms. The van der Waals surface area contributed by atoms with E-state index in [-0.39, 0.29) is 18.9 Å². The number of carbonyl (C=O) groups is 2. The smallest absolute Gasteiger partial charge is 0.407 e. The fourth-order valence-electron chi connectivity index (χ4n) is 5.76. The molecule has 6 heteroatoms. The van der Waals surface area contributed by atoms with Crippen LogP contribution in [0.4, 0.5) is 10.5 Å². The molecule has 2 aliphatic rings. The largest absolute Gasteiger partial charge is 0.480 e. The number of carboxylic acid groups (broad SMARTS) is 1. The van der Waals surface area contributed by atoms with Gasteiger partial charge in [-0.2, -0.15) is 0 Å². The number of rotatable bonds is 7. The van der Waals surface area contributed by atoms with Crippen molar-refractivity contribution in [2.75, 3.05) is 24.6 Å². The van der Waals surface area contributed by atoms with E-state index in [1.807, 2.05) is 31.2 Å². The van der Waals surface area contributed by atoms with Gasteiger partial charge in [0.1, 0.15) is 12.6 Å². The van der Waals surface area contributed by atoms with Crippen LogP contribution >= 0.6 is 0 Å². The van der Waals surface area contributed by atoms with Gasteiger partial charge in [-0.3, -0.25) is 0 Å². The minimum absolute atomic E-state index is 0.0753. The van der Waals surface area contributed by atoms with Crippen LogP contribution in [-0.2, 0) is 16.0 Å². The second-order valence-corrected chi connectivity index (χ2v) is 10.2. The fourth-order valence-corrected chi connectivity index (χ4v) is 5.76. The molecule has 192 valence electrons. The van der Waals surface area contributed by atoms with E-state index in [2.05, 4.69) is 53.5 Å². The Labute approximate surface area is 218 Å². The highest BCUT2D eigenvalue weighted by Crippen LogP contribution is 2.44. The van der Waals surface area contributed by atoms with E-state index in [0.29, 0.717) is 0 Å². The van der Waals surface area contributed by atoms with Gasteiger partial charge in [0.2, 0.25) is 0 Å². The first kappa shape index (κ1) is 24.9. The maximum atomic E-state index is 12.7. The number of amides is 1. The van der Waals surface area contributed by atoms with Crippen LogP contribution in [-0.4, -0.2) is 42.9 Å². The summed E-state index contributed by atoms with van der Waals surface area (Å²) in [5.41, 5.74) is 8.84. The van der Waals surface area contributed by atoms with Crippen LogP contribution in [0.25, 0.3) is 11.1 Å². The van der Waals surface area contributed by atoms with Gasteiger partial charge < -0.3 is 20.1 Å². The highest BCUT2D eigenvalue weighted by Gasteiger charge is 2.30. The van der Waals surface area contributed by atoms with Crippen LogP contribution in [0.2, 0.25) is 0 Å². The van der Waals surface area contributed by atoms with E-state index in [4.69, 9.17) is 4.74 Å². The van der Waals surface area contributed by atoms with Crippen LogP contribution < -0.4 is 10.2 Å². The molecular formula is C31H34N2O4. The standard InChI is InChI=1S/C31H34N2O4/c1-20-17-29(33-14-8-3-9-15-33)21(2)16-22(20)18-28(30(34)35)32-31(36)37-19-27-25-12-6-4-10-23(25)24-11-5-7-13-26(24)27/h4-7,10-13,16-17,27-28H,3,8-9,14-15,18-19H2,1-2H3,(H,32,36)(H,34,35). The normalized spacial score (nSPS) is 15.6. The van der Waals surface area contributed by atoms with Crippen LogP contribution in [0.15, 0.2) is 60.7 Å². The molecule has 0 aromatic heterocycles. The summed E-state index contributed by atoms with van der Waals surface area (Å²) in [5, 5.41) is 12.5. The molecule has 1 amide bonds. The summed E-state index contributed by atoms with van der Waals surface area (Å²) in [6.45, 7) is 6.34. The lowest BCUT2D eigenvalue weighted by Crippen LogP contribution is -2.43. The SMILES string of the molecule is Cc1cc(N2CCCCC2)c(C)cc1CC(NC(=O)OCC1c2ccccc2-c2ccccc21)C(=O)O. The van der Waals surface area contributed by atoms with Gasteiger partial charge in [-0.1, -0.05) is 54.6 Å². The molecule has 1 heterocycles.